The number of benzene rings is 2. The third-order valence-corrected chi connectivity index (χ3v) is 5.13. The second kappa shape index (κ2) is 8.06. The number of nitrogens with zero attached hydrogens (tertiary/aromatic N) is 3. The van der Waals surface area contributed by atoms with Gasteiger partial charge in [-0.25, -0.2) is 13.6 Å². The number of aromatic nitrogens is 2. The topological polar surface area (TPSA) is 64.3 Å². The molecule has 2 aromatic carbocycles. The van der Waals surface area contributed by atoms with Crippen LogP contribution in [-0.4, -0.2) is 21.6 Å². The van der Waals surface area contributed by atoms with Gasteiger partial charge in [0.15, 0.2) is 0 Å². The molecule has 0 saturated heterocycles. The lowest BCUT2D eigenvalue weighted by molar-refractivity contribution is -0.119. The van der Waals surface area contributed by atoms with Crippen LogP contribution in [0.3, 0.4) is 0 Å². The summed E-state index contributed by atoms with van der Waals surface area (Å²) in [5.41, 5.74) is 0.0337. The van der Waals surface area contributed by atoms with Crippen molar-refractivity contribution >= 4 is 11.6 Å². The van der Waals surface area contributed by atoms with Crippen molar-refractivity contribution in [3.8, 4) is 0 Å². The van der Waals surface area contributed by atoms with Crippen molar-refractivity contribution in [1.29, 1.82) is 0 Å². The number of carbonyl (C=O) groups excluding carboxylic acids is 1. The third kappa shape index (κ3) is 3.80. The Bertz CT molecular complexity index is 1220. The van der Waals surface area contributed by atoms with Gasteiger partial charge in [-0.15, -0.1) is 0 Å². The lowest BCUT2D eigenvalue weighted by Crippen LogP contribution is -2.45. The average Bonchev–Trinajstić information content (AvgIpc) is 2.73. The molecule has 6 nitrogen and oxygen atoms in total. The number of hydrogen-bond donors (Lipinski definition) is 0. The van der Waals surface area contributed by atoms with E-state index in [2.05, 4.69) is 0 Å². The first-order valence-electron chi connectivity index (χ1n) is 9.56. The van der Waals surface area contributed by atoms with Crippen molar-refractivity contribution < 1.29 is 13.6 Å². The van der Waals surface area contributed by atoms with Gasteiger partial charge in [0, 0.05) is 24.9 Å². The van der Waals surface area contributed by atoms with E-state index in [1.807, 2.05) is 30.3 Å². The van der Waals surface area contributed by atoms with Crippen molar-refractivity contribution in [2.45, 2.75) is 25.9 Å². The highest BCUT2D eigenvalue weighted by Gasteiger charge is 2.27. The van der Waals surface area contributed by atoms with E-state index in [1.54, 1.807) is 0 Å². The van der Waals surface area contributed by atoms with E-state index < -0.39 is 35.3 Å². The molecular weight excluding hydrogens is 392 g/mol. The van der Waals surface area contributed by atoms with Crippen LogP contribution >= 0.6 is 0 Å². The Hall–Kier alpha value is -3.55. The maximum Gasteiger partial charge on any atom is 0.331 e. The Morgan fingerprint density at radius 3 is 2.57 bits per heavy atom. The Labute approximate surface area is 170 Å². The molecule has 4 rings (SSSR count). The van der Waals surface area contributed by atoms with Gasteiger partial charge in [0.1, 0.15) is 18.2 Å². The molecule has 1 amide bonds. The molecule has 0 aliphatic carbocycles. The first-order chi connectivity index (χ1) is 14.4. The minimum atomic E-state index is -0.833. The van der Waals surface area contributed by atoms with Crippen LogP contribution in [0.4, 0.5) is 14.5 Å². The molecule has 1 aromatic heterocycles. The molecule has 0 unspecified atom stereocenters. The first kappa shape index (κ1) is 19.8. The van der Waals surface area contributed by atoms with Crippen LogP contribution in [-0.2, 0) is 24.3 Å². The van der Waals surface area contributed by atoms with Crippen LogP contribution in [0.25, 0.3) is 0 Å². The Morgan fingerprint density at radius 1 is 1.03 bits per heavy atom. The number of fused-ring (bicyclic) bond motifs is 1. The minimum absolute atomic E-state index is 0.0150. The lowest BCUT2D eigenvalue weighted by atomic mass is 10.0. The van der Waals surface area contributed by atoms with Gasteiger partial charge in [0.2, 0.25) is 5.91 Å². The fourth-order valence-electron chi connectivity index (χ4n) is 3.72. The molecule has 0 spiro atoms. The van der Waals surface area contributed by atoms with Crippen molar-refractivity contribution in [3.63, 3.8) is 0 Å². The van der Waals surface area contributed by atoms with Gasteiger partial charge in [0.05, 0.1) is 12.2 Å². The van der Waals surface area contributed by atoms with Crippen molar-refractivity contribution in [2.24, 2.45) is 0 Å². The molecule has 0 fully saturated rings. The van der Waals surface area contributed by atoms with E-state index >= 15 is 0 Å². The van der Waals surface area contributed by atoms with Crippen molar-refractivity contribution in [2.75, 3.05) is 11.4 Å². The lowest BCUT2D eigenvalue weighted by Gasteiger charge is -2.30. The van der Waals surface area contributed by atoms with E-state index in [4.69, 9.17) is 0 Å². The third-order valence-electron chi connectivity index (χ3n) is 5.13. The van der Waals surface area contributed by atoms with Crippen LogP contribution in [0.1, 0.15) is 17.5 Å². The number of amides is 1. The van der Waals surface area contributed by atoms with Gasteiger partial charge in [0.25, 0.3) is 5.56 Å². The molecular formula is C22H19F2N3O3. The van der Waals surface area contributed by atoms with Crippen LogP contribution in [0.15, 0.2) is 64.3 Å². The molecule has 2 heterocycles. The quantitative estimate of drug-likeness (QED) is 0.662. The van der Waals surface area contributed by atoms with Crippen molar-refractivity contribution in [3.05, 3.63) is 98.3 Å². The Kier molecular flexibility index (Phi) is 5.31. The molecule has 1 aliphatic heterocycles. The van der Waals surface area contributed by atoms with Gasteiger partial charge >= 0.3 is 5.69 Å². The average molecular weight is 411 g/mol. The number of aryl methyl sites for hydroxylation is 1. The van der Waals surface area contributed by atoms with Gasteiger partial charge in [-0.3, -0.25) is 18.7 Å². The summed E-state index contributed by atoms with van der Waals surface area (Å²) in [6.45, 7) is -0.0493. The fourth-order valence-corrected chi connectivity index (χ4v) is 3.72. The van der Waals surface area contributed by atoms with Gasteiger partial charge in [-0.2, -0.15) is 0 Å². The minimum Gasteiger partial charge on any atom is -0.308 e. The molecule has 8 heteroatoms. The molecule has 0 radical (unpaired) electrons. The zero-order valence-electron chi connectivity index (χ0n) is 16.1. The monoisotopic (exact) mass is 411 g/mol. The molecule has 154 valence electrons. The van der Waals surface area contributed by atoms with Gasteiger partial charge in [-0.05, 0) is 30.0 Å². The predicted octanol–water partition coefficient (Wildman–Crippen LogP) is 2.32. The number of carbonyl (C=O) groups is 1. The summed E-state index contributed by atoms with van der Waals surface area (Å²) in [4.78, 5) is 39.2. The number of hydrogen-bond acceptors (Lipinski definition) is 3. The smallest absolute Gasteiger partial charge is 0.308 e. The maximum atomic E-state index is 14.4. The largest absolute Gasteiger partial charge is 0.331 e. The van der Waals surface area contributed by atoms with Crippen LogP contribution in [0.5, 0.6) is 0 Å². The number of anilines is 1. The van der Waals surface area contributed by atoms with Gasteiger partial charge in [-0.1, -0.05) is 30.3 Å². The van der Waals surface area contributed by atoms with E-state index in [-0.39, 0.29) is 18.8 Å². The Morgan fingerprint density at radius 2 is 1.80 bits per heavy atom. The molecule has 0 N–H and O–H groups in total. The summed E-state index contributed by atoms with van der Waals surface area (Å²) >= 11 is 0. The molecule has 1 aliphatic rings. The molecule has 0 bridgehead atoms. The van der Waals surface area contributed by atoms with Crippen molar-refractivity contribution in [1.82, 2.24) is 9.13 Å². The number of halogens is 2. The second-order valence-electron chi connectivity index (χ2n) is 7.18. The number of rotatable bonds is 4. The molecule has 3 aromatic rings. The maximum absolute atomic E-state index is 14.4. The molecule has 30 heavy (non-hydrogen) atoms. The van der Waals surface area contributed by atoms with Crippen LogP contribution in [0.2, 0.25) is 0 Å². The Balaban J connectivity index is 1.64. The highest BCUT2D eigenvalue weighted by molar-refractivity contribution is 5.94. The highest BCUT2D eigenvalue weighted by Crippen LogP contribution is 2.31. The second-order valence-corrected chi connectivity index (χ2v) is 7.18. The zero-order valence-corrected chi connectivity index (χ0v) is 16.1. The zero-order chi connectivity index (χ0) is 21.3. The highest BCUT2D eigenvalue weighted by atomic mass is 19.1. The normalized spacial score (nSPS) is 13.2. The first-order valence-corrected chi connectivity index (χ1v) is 9.56. The van der Waals surface area contributed by atoms with Gasteiger partial charge < -0.3 is 4.90 Å². The summed E-state index contributed by atoms with van der Waals surface area (Å²) < 4.78 is 30.1. The van der Waals surface area contributed by atoms with Crippen LogP contribution in [0, 0.1) is 11.6 Å². The standard InChI is InChI=1S/C22H19F2N3O3/c23-17-11-16-7-4-9-26(21(16)18(24)12-17)20(29)14-27-19(28)8-10-25(22(27)30)13-15-5-2-1-3-6-15/h1-3,5-6,8,10-12H,4,7,9,13-14H2. The summed E-state index contributed by atoms with van der Waals surface area (Å²) in [7, 11) is 0. The van der Waals surface area contributed by atoms with E-state index in [0.717, 1.165) is 16.2 Å². The summed E-state index contributed by atoms with van der Waals surface area (Å²) in [6, 6.07) is 12.4. The predicted molar refractivity (Wildman–Crippen MR) is 108 cm³/mol. The van der Waals surface area contributed by atoms with E-state index in [0.29, 0.717) is 18.4 Å². The van der Waals surface area contributed by atoms with E-state index in [1.165, 1.54) is 27.8 Å². The van der Waals surface area contributed by atoms with E-state index in [9.17, 15) is 23.2 Å². The SMILES string of the molecule is O=C(Cn1c(=O)ccn(Cc2ccccc2)c1=O)N1CCCc2cc(F)cc(F)c21. The molecule has 0 atom stereocenters. The van der Waals surface area contributed by atoms with Crippen LogP contribution < -0.4 is 16.1 Å². The summed E-state index contributed by atoms with van der Waals surface area (Å²) in [5, 5.41) is 0. The fraction of sp³-hybridized carbons (Fsp3) is 0.227. The summed E-state index contributed by atoms with van der Waals surface area (Å²) in [6.07, 6.45) is 2.36. The molecule has 0 saturated carbocycles. The summed E-state index contributed by atoms with van der Waals surface area (Å²) in [5.74, 6) is -2.14.